The molecule has 3 rings (SSSR count). The minimum atomic E-state index is 0. The fraction of sp³-hybridized carbons (Fsp3) is 0.167. The number of rotatable bonds is 3. The first-order chi connectivity index (χ1) is 10.2. The van der Waals surface area contributed by atoms with Crippen molar-refractivity contribution in [3.05, 3.63) is 59.1 Å². The first-order valence-corrected chi connectivity index (χ1v) is 7.96. The molecule has 1 aromatic heterocycles. The molecule has 0 aliphatic rings. The zero-order valence-corrected chi connectivity index (χ0v) is 15.7. The minimum absolute atomic E-state index is 0. The molecule has 0 aliphatic heterocycles. The molecule has 0 spiro atoms. The molecule has 2 nitrogen and oxygen atoms in total. The fourth-order valence-corrected chi connectivity index (χ4v) is 3.73. The first kappa shape index (κ1) is 17.0. The summed E-state index contributed by atoms with van der Waals surface area (Å²) < 4.78 is 3.69. The van der Waals surface area contributed by atoms with Gasteiger partial charge in [-0.25, -0.2) is 0 Å². The maximum atomic E-state index is 5.75. The van der Waals surface area contributed by atoms with Gasteiger partial charge in [0.25, 0.3) is 5.01 Å². The monoisotopic (exact) mass is 422 g/mol. The predicted octanol–water partition coefficient (Wildman–Crippen LogP) is 1.36. The zero-order valence-electron chi connectivity index (χ0n) is 12.7. The summed E-state index contributed by atoms with van der Waals surface area (Å²) in [7, 11) is 0. The van der Waals surface area contributed by atoms with Gasteiger partial charge in [-0.3, -0.25) is 0 Å². The van der Waals surface area contributed by atoms with Crippen LogP contribution in [0.5, 0.6) is 0 Å². The molecule has 22 heavy (non-hydrogen) atoms. The number of aryl methyl sites for hydroxylation is 1. The van der Waals surface area contributed by atoms with Crippen LogP contribution in [0.1, 0.15) is 24.4 Å². The SMILES string of the molecule is CC[n+]1c(C=C(C)c2ccc(N)cc2)sc2ccccc21.[I-]. The third kappa shape index (κ3) is 3.33. The summed E-state index contributed by atoms with van der Waals surface area (Å²) in [6.45, 7) is 5.32. The standard InChI is InChI=1S/C18H18N2S.HI/c1-3-20-16-6-4-5-7-17(16)21-18(20)12-13(2)14-8-10-15(19)11-9-14;/h4-12,19H,3H2,1-2H3;1H. The maximum Gasteiger partial charge on any atom is 0.263 e. The third-order valence-corrected chi connectivity index (χ3v) is 4.77. The zero-order chi connectivity index (χ0) is 14.8. The number of nitrogen functional groups attached to an aromatic ring is 1. The molecule has 0 aliphatic carbocycles. The average Bonchev–Trinajstić information content (AvgIpc) is 2.84. The molecule has 1 heterocycles. The Kier molecular flexibility index (Phi) is 5.58. The van der Waals surface area contributed by atoms with E-state index < -0.39 is 0 Å². The number of anilines is 1. The number of allylic oxidation sites excluding steroid dienone is 1. The molecule has 0 amide bonds. The van der Waals surface area contributed by atoms with Crippen molar-refractivity contribution in [2.24, 2.45) is 0 Å². The number of nitrogens with two attached hydrogens (primary N) is 1. The Morgan fingerprint density at radius 2 is 1.82 bits per heavy atom. The largest absolute Gasteiger partial charge is 1.00 e. The van der Waals surface area contributed by atoms with Crippen LogP contribution in [0.25, 0.3) is 21.9 Å². The lowest BCUT2D eigenvalue weighted by molar-refractivity contribution is -0.665. The van der Waals surface area contributed by atoms with Gasteiger partial charge in [-0.05, 0) is 43.2 Å². The number of hydrogen-bond acceptors (Lipinski definition) is 2. The molecule has 0 bridgehead atoms. The normalized spacial score (nSPS) is 11.5. The summed E-state index contributed by atoms with van der Waals surface area (Å²) >= 11 is 1.84. The van der Waals surface area contributed by atoms with Crippen molar-refractivity contribution in [3.8, 4) is 0 Å². The Morgan fingerprint density at radius 3 is 2.50 bits per heavy atom. The molecule has 0 radical (unpaired) electrons. The highest BCUT2D eigenvalue weighted by Crippen LogP contribution is 2.24. The van der Waals surface area contributed by atoms with Gasteiger partial charge in [-0.2, -0.15) is 4.57 Å². The summed E-state index contributed by atoms with van der Waals surface area (Å²) in [5.41, 5.74) is 10.3. The van der Waals surface area contributed by atoms with E-state index in [4.69, 9.17) is 5.73 Å². The van der Waals surface area contributed by atoms with Gasteiger partial charge in [0.05, 0.1) is 0 Å². The van der Waals surface area contributed by atoms with E-state index in [2.05, 4.69) is 60.9 Å². The molecule has 2 N–H and O–H groups in total. The summed E-state index contributed by atoms with van der Waals surface area (Å²) in [5, 5.41) is 1.29. The molecule has 0 fully saturated rings. The Hall–Kier alpha value is -1.40. The summed E-state index contributed by atoms with van der Waals surface area (Å²) in [6, 6.07) is 16.6. The molecular weight excluding hydrogens is 403 g/mol. The Bertz CT molecular complexity index is 804. The molecule has 0 saturated heterocycles. The van der Waals surface area contributed by atoms with Gasteiger partial charge >= 0.3 is 0 Å². The van der Waals surface area contributed by atoms with Crippen LogP contribution in [0.3, 0.4) is 0 Å². The second kappa shape index (κ2) is 7.24. The second-order valence-corrected chi connectivity index (χ2v) is 6.16. The summed E-state index contributed by atoms with van der Waals surface area (Å²) in [6.07, 6.45) is 2.26. The van der Waals surface area contributed by atoms with Crippen molar-refractivity contribution >= 4 is 38.9 Å². The highest BCUT2D eigenvalue weighted by atomic mass is 127. The minimum Gasteiger partial charge on any atom is -1.00 e. The van der Waals surface area contributed by atoms with Crippen LogP contribution < -0.4 is 34.3 Å². The van der Waals surface area contributed by atoms with Crippen LogP contribution in [-0.2, 0) is 6.54 Å². The van der Waals surface area contributed by atoms with Crippen LogP contribution in [0.4, 0.5) is 5.69 Å². The van der Waals surface area contributed by atoms with Gasteiger partial charge in [0.1, 0.15) is 11.2 Å². The number of aromatic nitrogens is 1. The number of hydrogen-bond donors (Lipinski definition) is 1. The van der Waals surface area contributed by atoms with Crippen LogP contribution >= 0.6 is 11.3 Å². The van der Waals surface area contributed by atoms with Gasteiger partial charge in [0.15, 0.2) is 0 Å². The summed E-state index contributed by atoms with van der Waals surface area (Å²) in [4.78, 5) is 0. The van der Waals surface area contributed by atoms with E-state index in [-0.39, 0.29) is 24.0 Å². The third-order valence-electron chi connectivity index (χ3n) is 3.66. The molecule has 3 aromatic rings. The number of nitrogens with zero attached hydrogens (tertiary/aromatic N) is 1. The van der Waals surface area contributed by atoms with Crippen LogP contribution in [0.15, 0.2) is 48.5 Å². The highest BCUT2D eigenvalue weighted by Gasteiger charge is 2.16. The van der Waals surface area contributed by atoms with E-state index in [1.54, 1.807) is 0 Å². The van der Waals surface area contributed by atoms with E-state index in [9.17, 15) is 0 Å². The molecule has 0 unspecified atom stereocenters. The van der Waals surface area contributed by atoms with Crippen molar-refractivity contribution < 1.29 is 28.5 Å². The predicted molar refractivity (Wildman–Crippen MR) is 92.1 cm³/mol. The van der Waals surface area contributed by atoms with Gasteiger partial charge in [0.2, 0.25) is 5.52 Å². The number of para-hydroxylation sites is 1. The number of fused-ring (bicyclic) bond motifs is 1. The topological polar surface area (TPSA) is 29.9 Å². The molecule has 0 saturated carbocycles. The maximum absolute atomic E-state index is 5.75. The van der Waals surface area contributed by atoms with Crippen molar-refractivity contribution in [2.75, 3.05) is 5.73 Å². The fourth-order valence-electron chi connectivity index (χ4n) is 2.50. The number of halogens is 1. The van der Waals surface area contributed by atoms with Crippen molar-refractivity contribution in [3.63, 3.8) is 0 Å². The van der Waals surface area contributed by atoms with Crippen LogP contribution in [0, 0.1) is 0 Å². The van der Waals surface area contributed by atoms with E-state index in [0.29, 0.717) is 0 Å². The lowest BCUT2D eigenvalue weighted by Crippen LogP contribution is -3.00. The molecule has 4 heteroatoms. The number of thiazole rings is 1. The molecular formula is C18H19IN2S. The van der Waals surface area contributed by atoms with Gasteiger partial charge in [0, 0.05) is 17.8 Å². The van der Waals surface area contributed by atoms with Crippen LogP contribution in [0.2, 0.25) is 0 Å². The number of benzene rings is 2. The van der Waals surface area contributed by atoms with E-state index in [1.165, 1.54) is 26.4 Å². The summed E-state index contributed by atoms with van der Waals surface area (Å²) in [5.74, 6) is 0. The average molecular weight is 422 g/mol. The highest BCUT2D eigenvalue weighted by molar-refractivity contribution is 7.18. The van der Waals surface area contributed by atoms with Crippen molar-refractivity contribution in [1.29, 1.82) is 0 Å². The van der Waals surface area contributed by atoms with Gasteiger partial charge in [-0.15, -0.1) is 0 Å². The first-order valence-electron chi connectivity index (χ1n) is 7.14. The van der Waals surface area contributed by atoms with Gasteiger partial charge < -0.3 is 29.7 Å². The Balaban J connectivity index is 0.00000176. The van der Waals surface area contributed by atoms with Crippen molar-refractivity contribution in [1.82, 2.24) is 0 Å². The molecule has 114 valence electrons. The molecule has 2 aromatic carbocycles. The van der Waals surface area contributed by atoms with Gasteiger partial charge in [-0.1, -0.05) is 35.6 Å². The Labute approximate surface area is 152 Å². The lowest BCUT2D eigenvalue weighted by atomic mass is 10.1. The van der Waals surface area contributed by atoms with Crippen molar-refractivity contribution in [2.45, 2.75) is 20.4 Å². The molecule has 0 atom stereocenters. The Morgan fingerprint density at radius 1 is 1.14 bits per heavy atom. The lowest BCUT2D eigenvalue weighted by Gasteiger charge is -2.01. The second-order valence-electron chi connectivity index (χ2n) is 5.10. The van der Waals surface area contributed by atoms with E-state index in [1.807, 2.05) is 23.5 Å². The smallest absolute Gasteiger partial charge is 0.263 e. The van der Waals surface area contributed by atoms with Crippen LogP contribution in [-0.4, -0.2) is 0 Å². The van der Waals surface area contributed by atoms with E-state index in [0.717, 1.165) is 12.2 Å². The quantitative estimate of drug-likeness (QED) is 0.386. The van der Waals surface area contributed by atoms with E-state index >= 15 is 0 Å².